The molecular weight excluding hydrogens is 252 g/mol. The highest BCUT2D eigenvalue weighted by atomic mass is 32.1. The lowest BCUT2D eigenvalue weighted by atomic mass is 10.1. The zero-order valence-corrected chi connectivity index (χ0v) is 11.3. The predicted molar refractivity (Wildman–Crippen MR) is 69.9 cm³/mol. The minimum atomic E-state index is -0.440. The highest BCUT2D eigenvalue weighted by molar-refractivity contribution is 7.18. The normalized spacial score (nSPS) is 14.9. The molecule has 0 aliphatic carbocycles. The molecule has 5 nitrogen and oxygen atoms in total. The molecule has 1 aromatic heterocycles. The van der Waals surface area contributed by atoms with E-state index in [2.05, 4.69) is 4.74 Å². The summed E-state index contributed by atoms with van der Waals surface area (Å²) in [5.41, 5.74) is 6.95. The summed E-state index contributed by atoms with van der Waals surface area (Å²) in [4.78, 5) is 26.1. The van der Waals surface area contributed by atoms with Crippen molar-refractivity contribution in [1.82, 2.24) is 4.90 Å². The molecular formula is C12H16N2O3S. The number of hydrogen-bond donors (Lipinski definition) is 1. The van der Waals surface area contributed by atoms with E-state index >= 15 is 0 Å². The van der Waals surface area contributed by atoms with Crippen molar-refractivity contribution in [3.63, 3.8) is 0 Å². The first-order chi connectivity index (χ1) is 8.56. The summed E-state index contributed by atoms with van der Waals surface area (Å²) in [6.07, 6.45) is 2.05. The molecule has 1 aliphatic rings. The van der Waals surface area contributed by atoms with Crippen LogP contribution in [-0.4, -0.2) is 37.0 Å². The van der Waals surface area contributed by atoms with Gasteiger partial charge in [0.05, 0.1) is 17.7 Å². The van der Waals surface area contributed by atoms with Gasteiger partial charge >= 0.3 is 5.97 Å². The topological polar surface area (TPSA) is 72.6 Å². The summed E-state index contributed by atoms with van der Waals surface area (Å²) >= 11 is 1.12. The highest BCUT2D eigenvalue weighted by Gasteiger charge is 2.28. The largest absolute Gasteiger partial charge is 0.465 e. The number of nitrogens with zero attached hydrogens (tertiary/aromatic N) is 1. The molecule has 1 saturated heterocycles. The fourth-order valence-corrected chi connectivity index (χ4v) is 3.15. The van der Waals surface area contributed by atoms with Gasteiger partial charge in [0.25, 0.3) is 5.91 Å². The summed E-state index contributed by atoms with van der Waals surface area (Å²) in [6.45, 7) is 3.27. The predicted octanol–water partition coefficient (Wildman–Crippen LogP) is 1.66. The van der Waals surface area contributed by atoms with Crippen LogP contribution in [0.1, 0.15) is 38.4 Å². The summed E-state index contributed by atoms with van der Waals surface area (Å²) in [5.74, 6) is -0.515. The molecule has 2 N–H and O–H groups in total. The number of likely N-dealkylation sites (tertiary alicyclic amines) is 1. The van der Waals surface area contributed by atoms with Crippen molar-refractivity contribution in [1.29, 1.82) is 0 Å². The lowest BCUT2D eigenvalue weighted by molar-refractivity contribution is 0.0605. The molecule has 0 saturated carbocycles. The van der Waals surface area contributed by atoms with Gasteiger partial charge in [-0.2, -0.15) is 0 Å². The molecule has 0 spiro atoms. The molecule has 18 heavy (non-hydrogen) atoms. The van der Waals surface area contributed by atoms with E-state index in [4.69, 9.17) is 5.73 Å². The van der Waals surface area contributed by atoms with E-state index in [1.807, 2.05) is 0 Å². The van der Waals surface area contributed by atoms with Crippen LogP contribution in [0.4, 0.5) is 5.00 Å². The van der Waals surface area contributed by atoms with Crippen molar-refractivity contribution in [2.75, 3.05) is 25.9 Å². The fourth-order valence-electron chi connectivity index (χ4n) is 2.17. The monoisotopic (exact) mass is 268 g/mol. The maximum absolute atomic E-state index is 12.3. The highest BCUT2D eigenvalue weighted by Crippen LogP contribution is 2.32. The Labute approximate surface area is 110 Å². The zero-order chi connectivity index (χ0) is 13.3. The van der Waals surface area contributed by atoms with Gasteiger partial charge in [0.2, 0.25) is 0 Å². The third-order valence-corrected chi connectivity index (χ3v) is 4.25. The Kier molecular flexibility index (Phi) is 3.56. The van der Waals surface area contributed by atoms with Gasteiger partial charge in [-0.15, -0.1) is 11.3 Å². The number of amides is 1. The number of thiophene rings is 1. The number of nitrogens with two attached hydrogens (primary N) is 1. The van der Waals surface area contributed by atoms with E-state index in [0.29, 0.717) is 21.0 Å². The van der Waals surface area contributed by atoms with Gasteiger partial charge in [-0.05, 0) is 25.3 Å². The summed E-state index contributed by atoms with van der Waals surface area (Å²) < 4.78 is 4.68. The SMILES string of the molecule is COC(=O)c1sc(N)c(C(=O)N2CCCC2)c1C. The average molecular weight is 268 g/mol. The quantitative estimate of drug-likeness (QED) is 0.828. The molecule has 0 unspecified atom stereocenters. The van der Waals surface area contributed by atoms with Crippen LogP contribution in [0.2, 0.25) is 0 Å². The van der Waals surface area contributed by atoms with E-state index in [0.717, 1.165) is 37.3 Å². The molecule has 1 aliphatic heterocycles. The van der Waals surface area contributed by atoms with Crippen molar-refractivity contribution in [3.8, 4) is 0 Å². The van der Waals surface area contributed by atoms with Gasteiger partial charge in [0, 0.05) is 13.1 Å². The maximum atomic E-state index is 12.3. The third kappa shape index (κ3) is 2.08. The third-order valence-electron chi connectivity index (χ3n) is 3.15. The van der Waals surface area contributed by atoms with Crippen LogP contribution in [0.25, 0.3) is 0 Å². The molecule has 2 rings (SSSR count). The average Bonchev–Trinajstić information content (AvgIpc) is 2.96. The number of anilines is 1. The van der Waals surface area contributed by atoms with Gasteiger partial charge < -0.3 is 15.4 Å². The Bertz CT molecular complexity index is 490. The van der Waals surface area contributed by atoms with Crippen LogP contribution in [0.15, 0.2) is 0 Å². The summed E-state index contributed by atoms with van der Waals surface area (Å²) in [5, 5.41) is 0.393. The lowest BCUT2D eigenvalue weighted by Gasteiger charge is -2.15. The van der Waals surface area contributed by atoms with Gasteiger partial charge in [-0.25, -0.2) is 4.79 Å². The smallest absolute Gasteiger partial charge is 0.348 e. The second-order valence-electron chi connectivity index (χ2n) is 4.29. The van der Waals surface area contributed by atoms with Crippen molar-refractivity contribution in [2.24, 2.45) is 0 Å². The van der Waals surface area contributed by atoms with Gasteiger partial charge in [-0.1, -0.05) is 0 Å². The van der Waals surface area contributed by atoms with E-state index in [-0.39, 0.29) is 5.91 Å². The molecule has 1 amide bonds. The summed E-state index contributed by atoms with van der Waals surface area (Å²) in [6, 6.07) is 0. The molecule has 0 atom stereocenters. The van der Waals surface area contributed by atoms with Gasteiger partial charge in [-0.3, -0.25) is 4.79 Å². The number of nitrogen functional groups attached to an aromatic ring is 1. The minimum Gasteiger partial charge on any atom is -0.465 e. The first kappa shape index (κ1) is 12.9. The van der Waals surface area contributed by atoms with Crippen molar-refractivity contribution >= 4 is 28.2 Å². The first-order valence-electron chi connectivity index (χ1n) is 5.82. The van der Waals surface area contributed by atoms with E-state index in [1.165, 1.54) is 7.11 Å². The molecule has 98 valence electrons. The Morgan fingerprint density at radius 2 is 1.94 bits per heavy atom. The Balaban J connectivity index is 2.35. The van der Waals surface area contributed by atoms with Crippen LogP contribution in [0.3, 0.4) is 0 Å². The Morgan fingerprint density at radius 1 is 1.33 bits per heavy atom. The molecule has 0 aromatic carbocycles. The number of carbonyl (C=O) groups is 2. The van der Waals surface area contributed by atoms with Crippen LogP contribution in [0, 0.1) is 6.92 Å². The van der Waals surface area contributed by atoms with Gasteiger partial charge in [0.1, 0.15) is 4.88 Å². The number of ether oxygens (including phenoxy) is 1. The van der Waals surface area contributed by atoms with E-state index < -0.39 is 5.97 Å². The Morgan fingerprint density at radius 3 is 2.50 bits per heavy atom. The molecule has 1 fully saturated rings. The number of rotatable bonds is 2. The lowest BCUT2D eigenvalue weighted by Crippen LogP contribution is -2.28. The van der Waals surface area contributed by atoms with Crippen molar-refractivity contribution in [3.05, 3.63) is 16.0 Å². The summed E-state index contributed by atoms with van der Waals surface area (Å²) in [7, 11) is 1.32. The zero-order valence-electron chi connectivity index (χ0n) is 10.5. The molecule has 1 aromatic rings. The minimum absolute atomic E-state index is 0.0751. The molecule has 0 bridgehead atoms. The number of hydrogen-bond acceptors (Lipinski definition) is 5. The second-order valence-corrected chi connectivity index (χ2v) is 5.34. The Hall–Kier alpha value is -1.56. The first-order valence-corrected chi connectivity index (χ1v) is 6.64. The fraction of sp³-hybridized carbons (Fsp3) is 0.500. The van der Waals surface area contributed by atoms with Crippen LogP contribution >= 0.6 is 11.3 Å². The number of methoxy groups -OCH3 is 1. The maximum Gasteiger partial charge on any atom is 0.348 e. The van der Waals surface area contributed by atoms with E-state index in [1.54, 1.807) is 11.8 Å². The number of esters is 1. The standard InChI is InChI=1S/C12H16N2O3S/c1-7-8(11(15)14-5-3-4-6-14)10(13)18-9(7)12(16)17-2/h3-6,13H2,1-2H3. The molecule has 2 heterocycles. The molecule has 0 radical (unpaired) electrons. The van der Waals surface area contributed by atoms with Crippen LogP contribution in [0.5, 0.6) is 0 Å². The van der Waals surface area contributed by atoms with Crippen molar-refractivity contribution in [2.45, 2.75) is 19.8 Å². The van der Waals surface area contributed by atoms with Crippen LogP contribution < -0.4 is 5.73 Å². The van der Waals surface area contributed by atoms with Crippen LogP contribution in [-0.2, 0) is 4.74 Å². The van der Waals surface area contributed by atoms with Crippen molar-refractivity contribution < 1.29 is 14.3 Å². The van der Waals surface area contributed by atoms with E-state index in [9.17, 15) is 9.59 Å². The van der Waals surface area contributed by atoms with Gasteiger partial charge in [0.15, 0.2) is 0 Å². The second kappa shape index (κ2) is 4.97. The number of carbonyl (C=O) groups excluding carboxylic acids is 2. The molecule has 6 heteroatoms.